The van der Waals surface area contributed by atoms with Gasteiger partial charge in [-0.1, -0.05) is 59.6 Å². The van der Waals surface area contributed by atoms with Gasteiger partial charge in [-0.25, -0.2) is 0 Å². The molecule has 4 rings (SSSR count). The van der Waals surface area contributed by atoms with Crippen molar-refractivity contribution in [1.82, 2.24) is 0 Å². The molecule has 0 spiro atoms. The van der Waals surface area contributed by atoms with Crippen molar-refractivity contribution in [2.24, 2.45) is 0 Å². The number of ether oxygens (including phenoxy) is 1. The molecule has 1 saturated heterocycles. The van der Waals surface area contributed by atoms with E-state index < -0.39 is 17.7 Å². The highest BCUT2D eigenvalue weighted by Gasteiger charge is 2.47. The summed E-state index contributed by atoms with van der Waals surface area (Å²) in [6, 6.07) is 20.3. The normalized spacial score (nSPS) is 17.8. The van der Waals surface area contributed by atoms with E-state index in [1.807, 2.05) is 43.3 Å². The number of benzene rings is 3. The first-order chi connectivity index (χ1) is 14.9. The maximum absolute atomic E-state index is 13.2. The highest BCUT2D eigenvalue weighted by molar-refractivity contribution is 6.51. The SMILES string of the molecule is COc1ccc(C)cc1/C(O)=C1\C(=O)C(=O)N(c2cccc(Cl)c2)C1c1ccccc1. The Hall–Kier alpha value is -3.57. The van der Waals surface area contributed by atoms with Crippen LogP contribution >= 0.6 is 11.6 Å². The number of methoxy groups -OCH3 is 1. The summed E-state index contributed by atoms with van der Waals surface area (Å²) in [7, 11) is 1.49. The largest absolute Gasteiger partial charge is 0.507 e. The average molecular weight is 434 g/mol. The van der Waals surface area contributed by atoms with E-state index in [2.05, 4.69) is 0 Å². The Balaban J connectivity index is 1.99. The molecule has 0 bridgehead atoms. The number of hydrogen-bond donors (Lipinski definition) is 1. The number of ketones is 1. The van der Waals surface area contributed by atoms with Crippen molar-refractivity contribution in [3.63, 3.8) is 0 Å². The molecule has 1 unspecified atom stereocenters. The summed E-state index contributed by atoms with van der Waals surface area (Å²) >= 11 is 6.15. The van der Waals surface area contributed by atoms with Gasteiger partial charge < -0.3 is 9.84 Å². The molecule has 0 aliphatic carbocycles. The maximum Gasteiger partial charge on any atom is 0.300 e. The molecule has 31 heavy (non-hydrogen) atoms. The van der Waals surface area contributed by atoms with Crippen LogP contribution in [0.4, 0.5) is 5.69 Å². The van der Waals surface area contributed by atoms with Gasteiger partial charge in [-0.2, -0.15) is 0 Å². The zero-order valence-electron chi connectivity index (χ0n) is 17.0. The minimum atomic E-state index is -0.815. The molecule has 1 atom stereocenters. The number of nitrogens with zero attached hydrogens (tertiary/aromatic N) is 1. The number of aryl methyl sites for hydroxylation is 1. The van der Waals surface area contributed by atoms with Crippen molar-refractivity contribution in [2.75, 3.05) is 12.0 Å². The summed E-state index contributed by atoms with van der Waals surface area (Å²) in [4.78, 5) is 27.7. The lowest BCUT2D eigenvalue weighted by Crippen LogP contribution is -2.29. The summed E-state index contributed by atoms with van der Waals surface area (Å²) in [5.41, 5.74) is 2.39. The molecule has 3 aromatic carbocycles. The summed E-state index contributed by atoms with van der Waals surface area (Å²) in [6.45, 7) is 1.87. The van der Waals surface area contributed by atoms with Gasteiger partial charge in [-0.15, -0.1) is 0 Å². The van der Waals surface area contributed by atoms with Crippen LogP contribution in [0.2, 0.25) is 5.02 Å². The van der Waals surface area contributed by atoms with E-state index in [0.29, 0.717) is 27.6 Å². The minimum absolute atomic E-state index is 0.0000699. The van der Waals surface area contributed by atoms with Gasteiger partial charge in [-0.3, -0.25) is 14.5 Å². The predicted octanol–water partition coefficient (Wildman–Crippen LogP) is 5.28. The quantitative estimate of drug-likeness (QED) is 0.345. The number of aliphatic hydroxyl groups is 1. The molecular weight excluding hydrogens is 414 g/mol. The monoisotopic (exact) mass is 433 g/mol. The van der Waals surface area contributed by atoms with Gasteiger partial charge >= 0.3 is 0 Å². The van der Waals surface area contributed by atoms with Crippen molar-refractivity contribution < 1.29 is 19.4 Å². The lowest BCUT2D eigenvalue weighted by molar-refractivity contribution is -0.132. The molecule has 5 nitrogen and oxygen atoms in total. The zero-order chi connectivity index (χ0) is 22.1. The molecule has 0 radical (unpaired) electrons. The smallest absolute Gasteiger partial charge is 0.300 e. The number of carbonyl (C=O) groups is 2. The van der Waals surface area contributed by atoms with E-state index in [1.54, 1.807) is 36.4 Å². The molecule has 1 heterocycles. The molecule has 0 aromatic heterocycles. The summed E-state index contributed by atoms with van der Waals surface area (Å²) in [5.74, 6) is -1.37. The van der Waals surface area contributed by atoms with Crippen LogP contribution in [0.5, 0.6) is 5.75 Å². The molecule has 1 fully saturated rings. The van der Waals surface area contributed by atoms with Gasteiger partial charge in [0.25, 0.3) is 11.7 Å². The fourth-order valence-corrected chi connectivity index (χ4v) is 4.01. The van der Waals surface area contributed by atoms with E-state index in [0.717, 1.165) is 5.56 Å². The van der Waals surface area contributed by atoms with Crippen LogP contribution in [-0.4, -0.2) is 23.9 Å². The maximum atomic E-state index is 13.2. The van der Waals surface area contributed by atoms with Crippen LogP contribution < -0.4 is 9.64 Å². The molecule has 0 saturated carbocycles. The highest BCUT2D eigenvalue weighted by Crippen LogP contribution is 2.43. The van der Waals surface area contributed by atoms with Crippen molar-refractivity contribution >= 4 is 34.7 Å². The van der Waals surface area contributed by atoms with Crippen molar-refractivity contribution in [2.45, 2.75) is 13.0 Å². The van der Waals surface area contributed by atoms with Crippen molar-refractivity contribution in [1.29, 1.82) is 0 Å². The summed E-state index contributed by atoms with van der Waals surface area (Å²) in [5, 5.41) is 11.7. The molecule has 1 aliphatic heterocycles. The lowest BCUT2D eigenvalue weighted by Gasteiger charge is -2.25. The fourth-order valence-electron chi connectivity index (χ4n) is 3.83. The number of Topliss-reactive ketones (excluding diaryl/α,β-unsaturated/α-hetero) is 1. The minimum Gasteiger partial charge on any atom is -0.507 e. The third-order valence-electron chi connectivity index (χ3n) is 5.26. The molecule has 1 amide bonds. The number of hydrogen-bond acceptors (Lipinski definition) is 4. The molecule has 1 aliphatic rings. The van der Waals surface area contributed by atoms with Crippen molar-refractivity contribution in [3.8, 4) is 5.75 Å². The third-order valence-corrected chi connectivity index (χ3v) is 5.49. The van der Waals surface area contributed by atoms with Gasteiger partial charge in [0, 0.05) is 10.7 Å². The van der Waals surface area contributed by atoms with Crippen LogP contribution in [0.3, 0.4) is 0 Å². The van der Waals surface area contributed by atoms with Gasteiger partial charge in [-0.05, 0) is 42.8 Å². The topological polar surface area (TPSA) is 66.8 Å². The summed E-state index contributed by atoms with van der Waals surface area (Å²) < 4.78 is 5.39. The Bertz CT molecular complexity index is 1200. The Kier molecular flexibility index (Phi) is 5.53. The first-order valence-electron chi connectivity index (χ1n) is 9.69. The van der Waals surface area contributed by atoms with Gasteiger partial charge in [0.05, 0.1) is 24.3 Å². The Morgan fingerprint density at radius 2 is 1.74 bits per heavy atom. The molecule has 1 N–H and O–H groups in total. The second-order valence-corrected chi connectivity index (χ2v) is 7.70. The number of amides is 1. The highest BCUT2D eigenvalue weighted by atomic mass is 35.5. The molecule has 3 aromatic rings. The number of aliphatic hydroxyl groups excluding tert-OH is 1. The van der Waals surface area contributed by atoms with Crippen LogP contribution in [0.25, 0.3) is 5.76 Å². The van der Waals surface area contributed by atoms with Gasteiger partial charge in [0.15, 0.2) is 0 Å². The average Bonchev–Trinajstić information content (AvgIpc) is 3.04. The van der Waals surface area contributed by atoms with Gasteiger partial charge in [0.1, 0.15) is 11.5 Å². The van der Waals surface area contributed by atoms with Crippen LogP contribution in [0.15, 0.2) is 78.4 Å². The van der Waals surface area contributed by atoms with E-state index in [4.69, 9.17) is 16.3 Å². The van der Waals surface area contributed by atoms with E-state index in [9.17, 15) is 14.7 Å². The third kappa shape index (κ3) is 3.68. The number of rotatable bonds is 4. The number of anilines is 1. The van der Waals surface area contributed by atoms with Gasteiger partial charge in [0.2, 0.25) is 0 Å². The zero-order valence-corrected chi connectivity index (χ0v) is 17.8. The first-order valence-corrected chi connectivity index (χ1v) is 10.1. The number of halogens is 1. The fraction of sp³-hybridized carbons (Fsp3) is 0.120. The molecule has 6 heteroatoms. The molecular formula is C25H20ClNO4. The Morgan fingerprint density at radius 1 is 1.00 bits per heavy atom. The Morgan fingerprint density at radius 3 is 2.42 bits per heavy atom. The Labute approximate surface area is 185 Å². The van der Waals surface area contributed by atoms with Crippen molar-refractivity contribution in [3.05, 3.63) is 100 Å². The van der Waals surface area contributed by atoms with Crippen LogP contribution in [0, 0.1) is 6.92 Å². The van der Waals surface area contributed by atoms with E-state index in [-0.39, 0.29) is 11.3 Å². The van der Waals surface area contributed by atoms with Crippen LogP contribution in [-0.2, 0) is 9.59 Å². The van der Waals surface area contributed by atoms with E-state index >= 15 is 0 Å². The number of carbonyl (C=O) groups excluding carboxylic acids is 2. The summed E-state index contributed by atoms with van der Waals surface area (Å²) in [6.07, 6.45) is 0. The first kappa shape index (κ1) is 20.7. The second kappa shape index (κ2) is 8.28. The lowest BCUT2D eigenvalue weighted by atomic mass is 9.94. The second-order valence-electron chi connectivity index (χ2n) is 7.26. The van der Waals surface area contributed by atoms with Crippen LogP contribution in [0.1, 0.15) is 22.7 Å². The molecule has 156 valence electrons. The standard InChI is InChI=1S/C25H20ClNO4/c1-15-11-12-20(31-2)19(13-15)23(28)21-22(16-7-4-3-5-8-16)27(25(30)24(21)29)18-10-6-9-17(26)14-18/h3-14,22,28H,1-2H3/b23-21+. The van der Waals surface area contributed by atoms with E-state index in [1.165, 1.54) is 12.0 Å². The predicted molar refractivity (Wildman–Crippen MR) is 120 cm³/mol.